The number of nitrogens with zero attached hydrogens (tertiary/aromatic N) is 3. The zero-order valence-electron chi connectivity index (χ0n) is 26.3. The molecule has 1 saturated carbocycles. The lowest BCUT2D eigenvalue weighted by atomic mass is 9.94. The van der Waals surface area contributed by atoms with Crippen molar-refractivity contribution >= 4 is 33.2 Å². The second kappa shape index (κ2) is 14.7. The van der Waals surface area contributed by atoms with Crippen LogP contribution < -0.4 is 10.6 Å². The summed E-state index contributed by atoms with van der Waals surface area (Å²) in [5, 5.41) is 7.72. The fourth-order valence-corrected chi connectivity index (χ4v) is 7.90. The van der Waals surface area contributed by atoms with Crippen molar-refractivity contribution in [2.75, 3.05) is 32.7 Å². The number of thiophene rings is 1. The third-order valence-electron chi connectivity index (χ3n) is 9.42. The average Bonchev–Trinajstić information content (AvgIpc) is 3.71. The topological polar surface area (TPSA) is 77.6 Å². The summed E-state index contributed by atoms with van der Waals surface area (Å²) in [6, 6.07) is 22.8. The molecular weight excluding hydrogens is 579 g/mol. The van der Waals surface area contributed by atoms with Gasteiger partial charge in [0.05, 0.1) is 4.88 Å². The molecule has 2 fully saturated rings. The highest BCUT2D eigenvalue weighted by atomic mass is 32.1. The molecule has 3 heterocycles. The van der Waals surface area contributed by atoms with E-state index in [1.807, 2.05) is 30.6 Å². The standard InChI is InChI=1S/C37H45N5O2S/c1-28-13-14-31-25-34(45-33(31)23-28)35(43)40-37(15-5-6-16-37)36(44)39-32(24-29-9-3-2-4-10-29)12-8-18-41-19-21-42(22-20-41)27-30-11-7-17-38-26-30/h2-4,7,9-11,13-14,17,23,25-26,32H,5-6,8,12,15-16,18-22,24,27H2,1H3,(H,39,44)(H,40,43)/t32-/m0/s1. The lowest BCUT2D eigenvalue weighted by molar-refractivity contribution is -0.128. The van der Waals surface area contributed by atoms with E-state index < -0.39 is 5.54 Å². The predicted octanol–water partition coefficient (Wildman–Crippen LogP) is 5.97. The van der Waals surface area contributed by atoms with E-state index in [9.17, 15) is 9.59 Å². The minimum absolute atomic E-state index is 0.00782. The third-order valence-corrected chi connectivity index (χ3v) is 10.5. The maximum absolute atomic E-state index is 14.1. The van der Waals surface area contributed by atoms with Crippen molar-refractivity contribution < 1.29 is 9.59 Å². The lowest BCUT2D eigenvalue weighted by Gasteiger charge is -2.35. The molecule has 236 valence electrons. The van der Waals surface area contributed by atoms with E-state index in [1.165, 1.54) is 28.0 Å². The molecule has 8 heteroatoms. The van der Waals surface area contributed by atoms with Crippen LogP contribution in [0.25, 0.3) is 10.1 Å². The van der Waals surface area contributed by atoms with Crippen molar-refractivity contribution in [3.63, 3.8) is 0 Å². The van der Waals surface area contributed by atoms with E-state index in [-0.39, 0.29) is 17.9 Å². The Kier molecular flexibility index (Phi) is 10.2. The Labute approximate surface area is 271 Å². The molecule has 2 aliphatic rings. The first-order chi connectivity index (χ1) is 22.0. The van der Waals surface area contributed by atoms with Gasteiger partial charge in [-0.25, -0.2) is 0 Å². The summed E-state index contributed by atoms with van der Waals surface area (Å²) >= 11 is 1.50. The minimum atomic E-state index is -0.858. The Bertz CT molecular complexity index is 1560. The Morgan fingerprint density at radius 3 is 2.44 bits per heavy atom. The van der Waals surface area contributed by atoms with Crippen LogP contribution in [-0.4, -0.2) is 70.9 Å². The molecule has 1 saturated heterocycles. The van der Waals surface area contributed by atoms with Gasteiger partial charge in [0.15, 0.2) is 0 Å². The molecule has 1 atom stereocenters. The van der Waals surface area contributed by atoms with Crippen LogP contribution in [-0.2, 0) is 17.8 Å². The van der Waals surface area contributed by atoms with E-state index in [0.717, 1.165) is 81.5 Å². The van der Waals surface area contributed by atoms with Crippen LogP contribution in [0.5, 0.6) is 0 Å². The molecule has 7 nitrogen and oxygen atoms in total. The van der Waals surface area contributed by atoms with Gasteiger partial charge in [-0.05, 0) is 85.8 Å². The summed E-state index contributed by atoms with van der Waals surface area (Å²) in [6.45, 7) is 8.27. The number of fused-ring (bicyclic) bond motifs is 1. The van der Waals surface area contributed by atoms with Crippen molar-refractivity contribution in [2.45, 2.75) is 70.0 Å². The van der Waals surface area contributed by atoms with Gasteiger partial charge in [0.25, 0.3) is 5.91 Å². The van der Waals surface area contributed by atoms with Gasteiger partial charge in [0.1, 0.15) is 5.54 Å². The van der Waals surface area contributed by atoms with Gasteiger partial charge >= 0.3 is 0 Å². The van der Waals surface area contributed by atoms with E-state index in [4.69, 9.17) is 0 Å². The molecule has 2 aromatic carbocycles. The van der Waals surface area contributed by atoms with Gasteiger partial charge in [-0.15, -0.1) is 11.3 Å². The van der Waals surface area contributed by atoms with Crippen molar-refractivity contribution in [3.05, 3.63) is 101 Å². The van der Waals surface area contributed by atoms with Gasteiger partial charge in [-0.3, -0.25) is 19.5 Å². The van der Waals surface area contributed by atoms with Crippen molar-refractivity contribution in [1.29, 1.82) is 0 Å². The van der Waals surface area contributed by atoms with Crippen LogP contribution in [0.2, 0.25) is 0 Å². The van der Waals surface area contributed by atoms with Gasteiger partial charge < -0.3 is 15.5 Å². The molecule has 4 aromatic rings. The van der Waals surface area contributed by atoms with Crippen LogP contribution in [0.15, 0.2) is 79.1 Å². The van der Waals surface area contributed by atoms with Gasteiger partial charge in [0.2, 0.25) is 5.91 Å². The molecule has 2 N–H and O–H groups in total. The number of rotatable bonds is 12. The maximum Gasteiger partial charge on any atom is 0.262 e. The summed E-state index contributed by atoms with van der Waals surface area (Å²) in [4.78, 5) is 37.5. The first kappa shape index (κ1) is 31.4. The number of pyridine rings is 1. The normalized spacial score (nSPS) is 17.7. The SMILES string of the molecule is Cc1ccc2cc(C(=O)NC3(C(=O)N[C@@H](CCCN4CCN(Cc5cccnc5)CC4)Cc4ccccc4)CCCC3)sc2c1. The first-order valence-electron chi connectivity index (χ1n) is 16.5. The molecule has 1 aliphatic carbocycles. The highest BCUT2D eigenvalue weighted by Gasteiger charge is 2.43. The summed E-state index contributed by atoms with van der Waals surface area (Å²) in [5.74, 6) is -0.177. The maximum atomic E-state index is 14.1. The summed E-state index contributed by atoms with van der Waals surface area (Å²) in [6.07, 6.45) is 9.71. The molecule has 0 spiro atoms. The molecule has 6 rings (SSSR count). The second-order valence-corrected chi connectivity index (χ2v) is 14.0. The van der Waals surface area contributed by atoms with Crippen LogP contribution >= 0.6 is 11.3 Å². The number of hydrogen-bond acceptors (Lipinski definition) is 6. The van der Waals surface area contributed by atoms with E-state index >= 15 is 0 Å². The molecule has 2 aromatic heterocycles. The van der Waals surface area contributed by atoms with Crippen molar-refractivity contribution in [1.82, 2.24) is 25.4 Å². The summed E-state index contributed by atoms with van der Waals surface area (Å²) < 4.78 is 1.10. The van der Waals surface area contributed by atoms with E-state index in [0.29, 0.717) is 17.7 Å². The fraction of sp³-hybridized carbons (Fsp3) is 0.432. The zero-order valence-corrected chi connectivity index (χ0v) is 27.2. The van der Waals surface area contributed by atoms with Crippen LogP contribution in [0.4, 0.5) is 0 Å². The Morgan fingerprint density at radius 2 is 1.69 bits per heavy atom. The number of carbonyl (C=O) groups is 2. The molecule has 2 amide bonds. The Balaban J connectivity index is 1.06. The zero-order chi connectivity index (χ0) is 31.1. The van der Waals surface area contributed by atoms with E-state index in [1.54, 1.807) is 0 Å². The van der Waals surface area contributed by atoms with E-state index in [2.05, 4.69) is 80.9 Å². The number of benzene rings is 2. The number of piperazine rings is 1. The molecule has 1 aliphatic heterocycles. The van der Waals surface area contributed by atoms with Crippen molar-refractivity contribution in [2.24, 2.45) is 0 Å². The molecular formula is C37H45N5O2S. The highest BCUT2D eigenvalue weighted by molar-refractivity contribution is 7.20. The highest BCUT2D eigenvalue weighted by Crippen LogP contribution is 2.32. The fourth-order valence-electron chi connectivity index (χ4n) is 6.85. The summed E-state index contributed by atoms with van der Waals surface area (Å²) in [7, 11) is 0. The smallest absolute Gasteiger partial charge is 0.262 e. The minimum Gasteiger partial charge on any atom is -0.351 e. The van der Waals surface area contributed by atoms with Gasteiger partial charge in [0, 0.05) is 55.9 Å². The van der Waals surface area contributed by atoms with Gasteiger partial charge in [-0.2, -0.15) is 0 Å². The monoisotopic (exact) mass is 623 g/mol. The second-order valence-electron chi connectivity index (χ2n) is 12.9. The number of hydrogen-bond donors (Lipinski definition) is 2. The Morgan fingerprint density at radius 1 is 0.933 bits per heavy atom. The predicted molar refractivity (Wildman–Crippen MR) is 182 cm³/mol. The van der Waals surface area contributed by atoms with Gasteiger partial charge in [-0.1, -0.05) is 61.4 Å². The average molecular weight is 624 g/mol. The summed E-state index contributed by atoms with van der Waals surface area (Å²) in [5.41, 5.74) is 2.80. The van der Waals surface area contributed by atoms with Crippen molar-refractivity contribution in [3.8, 4) is 0 Å². The molecule has 45 heavy (non-hydrogen) atoms. The van der Waals surface area contributed by atoms with Crippen LogP contribution in [0.1, 0.15) is 64.9 Å². The number of carbonyl (C=O) groups excluding carboxylic acids is 2. The molecule has 0 radical (unpaired) electrons. The first-order valence-corrected chi connectivity index (χ1v) is 17.3. The van der Waals surface area contributed by atoms with Crippen LogP contribution in [0, 0.1) is 6.92 Å². The number of aryl methyl sites for hydroxylation is 1. The molecule has 0 unspecified atom stereocenters. The number of amides is 2. The quantitative estimate of drug-likeness (QED) is 0.203. The van der Waals surface area contributed by atoms with Crippen LogP contribution in [0.3, 0.4) is 0 Å². The number of aromatic nitrogens is 1. The number of nitrogens with one attached hydrogen (secondary N) is 2. The lowest BCUT2D eigenvalue weighted by Crippen LogP contribution is -2.59. The molecule has 0 bridgehead atoms. The largest absolute Gasteiger partial charge is 0.351 e. The Hall–Kier alpha value is -3.59. The third kappa shape index (κ3) is 8.17.